The maximum absolute atomic E-state index is 11.0. The number of hydrogen-bond donors (Lipinski definition) is 1. The Hall–Kier alpha value is -2.69. The van der Waals surface area contributed by atoms with E-state index in [0.717, 1.165) is 22.6 Å². The van der Waals surface area contributed by atoms with E-state index in [0.29, 0.717) is 5.52 Å². The van der Waals surface area contributed by atoms with Crippen molar-refractivity contribution in [2.24, 2.45) is 7.05 Å². The van der Waals surface area contributed by atoms with Gasteiger partial charge in [0.1, 0.15) is 5.82 Å². The summed E-state index contributed by atoms with van der Waals surface area (Å²) in [6.45, 7) is 1.93. The van der Waals surface area contributed by atoms with Crippen LogP contribution >= 0.6 is 0 Å². The first-order chi connectivity index (χ1) is 9.56. The van der Waals surface area contributed by atoms with Crippen molar-refractivity contribution in [3.8, 4) is 11.4 Å². The summed E-state index contributed by atoms with van der Waals surface area (Å²) in [5, 5.41) is 9.02. The molecule has 0 aliphatic heterocycles. The van der Waals surface area contributed by atoms with Crippen molar-refractivity contribution in [3.63, 3.8) is 0 Å². The largest absolute Gasteiger partial charge is 0.478 e. The topological polar surface area (TPSA) is 68.0 Å². The smallest absolute Gasteiger partial charge is 0.335 e. The second kappa shape index (κ2) is 4.45. The summed E-state index contributed by atoms with van der Waals surface area (Å²) in [5.41, 5.74) is 3.66. The second-order valence-electron chi connectivity index (χ2n) is 4.69. The highest BCUT2D eigenvalue weighted by molar-refractivity contribution is 5.93. The third kappa shape index (κ3) is 1.93. The SMILES string of the molecule is Cc1ccc(-c2nc3cc(C(=O)O)ccc3n2C)cn1. The van der Waals surface area contributed by atoms with Crippen LogP contribution in [0.2, 0.25) is 0 Å². The molecule has 0 radical (unpaired) electrons. The molecule has 0 spiro atoms. The zero-order valence-electron chi connectivity index (χ0n) is 11.2. The van der Waals surface area contributed by atoms with E-state index in [1.54, 1.807) is 24.4 Å². The maximum Gasteiger partial charge on any atom is 0.335 e. The summed E-state index contributed by atoms with van der Waals surface area (Å²) in [6, 6.07) is 8.84. The van der Waals surface area contributed by atoms with Crippen molar-refractivity contribution in [2.75, 3.05) is 0 Å². The van der Waals surface area contributed by atoms with Gasteiger partial charge in [-0.15, -0.1) is 0 Å². The third-order valence-electron chi connectivity index (χ3n) is 3.30. The van der Waals surface area contributed by atoms with E-state index in [9.17, 15) is 4.79 Å². The standard InChI is InChI=1S/C15H13N3O2/c1-9-3-4-11(8-16-9)14-17-12-7-10(15(19)20)5-6-13(12)18(14)2/h3-8H,1-2H3,(H,19,20). The zero-order chi connectivity index (χ0) is 14.3. The number of nitrogens with zero attached hydrogens (tertiary/aromatic N) is 3. The quantitative estimate of drug-likeness (QED) is 0.775. The van der Waals surface area contributed by atoms with Crippen LogP contribution in [-0.4, -0.2) is 25.6 Å². The van der Waals surface area contributed by atoms with Crippen molar-refractivity contribution in [1.29, 1.82) is 0 Å². The summed E-state index contributed by atoms with van der Waals surface area (Å²) in [6.07, 6.45) is 1.77. The highest BCUT2D eigenvalue weighted by Crippen LogP contribution is 2.24. The molecule has 3 rings (SSSR count). The number of carboxylic acid groups (broad SMARTS) is 1. The molecule has 0 atom stereocenters. The fourth-order valence-electron chi connectivity index (χ4n) is 2.19. The molecule has 20 heavy (non-hydrogen) atoms. The number of hydrogen-bond acceptors (Lipinski definition) is 3. The van der Waals surface area contributed by atoms with Gasteiger partial charge < -0.3 is 9.67 Å². The number of rotatable bonds is 2. The van der Waals surface area contributed by atoms with Gasteiger partial charge in [-0.1, -0.05) is 0 Å². The Morgan fingerprint density at radius 3 is 2.70 bits per heavy atom. The average molecular weight is 267 g/mol. The number of pyridine rings is 1. The van der Waals surface area contributed by atoms with Crippen molar-refractivity contribution in [3.05, 3.63) is 47.8 Å². The van der Waals surface area contributed by atoms with Crippen LogP contribution in [0.3, 0.4) is 0 Å². The molecule has 5 nitrogen and oxygen atoms in total. The fourth-order valence-corrected chi connectivity index (χ4v) is 2.19. The van der Waals surface area contributed by atoms with Crippen LogP contribution in [-0.2, 0) is 7.05 Å². The first kappa shape index (κ1) is 12.3. The van der Waals surface area contributed by atoms with E-state index in [1.807, 2.05) is 30.7 Å². The Kier molecular flexibility index (Phi) is 2.75. The van der Waals surface area contributed by atoms with E-state index in [1.165, 1.54) is 0 Å². The Morgan fingerprint density at radius 2 is 2.05 bits per heavy atom. The van der Waals surface area contributed by atoms with Crippen LogP contribution in [0.5, 0.6) is 0 Å². The number of carboxylic acids is 1. The summed E-state index contributed by atoms with van der Waals surface area (Å²) < 4.78 is 1.94. The molecule has 0 aliphatic carbocycles. The predicted molar refractivity (Wildman–Crippen MR) is 75.6 cm³/mol. The lowest BCUT2D eigenvalue weighted by Crippen LogP contribution is -1.96. The monoisotopic (exact) mass is 267 g/mol. The zero-order valence-corrected chi connectivity index (χ0v) is 11.2. The molecule has 0 aliphatic rings. The fraction of sp³-hybridized carbons (Fsp3) is 0.133. The molecule has 3 aromatic rings. The molecule has 2 aromatic heterocycles. The molecular weight excluding hydrogens is 254 g/mol. The first-order valence-electron chi connectivity index (χ1n) is 6.19. The Morgan fingerprint density at radius 1 is 1.25 bits per heavy atom. The van der Waals surface area contributed by atoms with Gasteiger partial charge in [0.2, 0.25) is 0 Å². The van der Waals surface area contributed by atoms with Crippen molar-refractivity contribution in [1.82, 2.24) is 14.5 Å². The van der Waals surface area contributed by atoms with E-state index < -0.39 is 5.97 Å². The molecule has 1 N–H and O–H groups in total. The van der Waals surface area contributed by atoms with Gasteiger partial charge >= 0.3 is 5.97 Å². The van der Waals surface area contributed by atoms with E-state index in [-0.39, 0.29) is 5.56 Å². The van der Waals surface area contributed by atoms with Crippen LogP contribution in [0, 0.1) is 6.92 Å². The van der Waals surface area contributed by atoms with E-state index in [2.05, 4.69) is 9.97 Å². The molecule has 100 valence electrons. The number of imidazole rings is 1. The van der Waals surface area contributed by atoms with Gasteiger partial charge in [-0.25, -0.2) is 9.78 Å². The minimum atomic E-state index is -0.948. The molecular formula is C15H13N3O2. The molecule has 5 heteroatoms. The molecule has 0 saturated heterocycles. The minimum Gasteiger partial charge on any atom is -0.478 e. The van der Waals surface area contributed by atoms with Crippen LogP contribution in [0.25, 0.3) is 22.4 Å². The number of fused-ring (bicyclic) bond motifs is 1. The normalized spacial score (nSPS) is 10.9. The molecule has 0 unspecified atom stereocenters. The molecule has 0 bridgehead atoms. The third-order valence-corrected chi connectivity index (χ3v) is 3.30. The van der Waals surface area contributed by atoms with E-state index >= 15 is 0 Å². The Balaban J connectivity index is 2.19. The first-order valence-corrected chi connectivity index (χ1v) is 6.19. The Labute approximate surface area is 115 Å². The number of aromatic nitrogens is 3. The maximum atomic E-state index is 11.0. The number of aromatic carboxylic acids is 1. The summed E-state index contributed by atoms with van der Waals surface area (Å²) in [7, 11) is 1.91. The summed E-state index contributed by atoms with van der Waals surface area (Å²) >= 11 is 0. The van der Waals surface area contributed by atoms with Gasteiger partial charge in [0.15, 0.2) is 0 Å². The molecule has 2 heterocycles. The predicted octanol–water partition coefficient (Wildman–Crippen LogP) is 2.64. The van der Waals surface area contributed by atoms with Gasteiger partial charge in [0.05, 0.1) is 16.6 Å². The number of aryl methyl sites for hydroxylation is 2. The van der Waals surface area contributed by atoms with Gasteiger partial charge in [-0.2, -0.15) is 0 Å². The lowest BCUT2D eigenvalue weighted by molar-refractivity contribution is 0.0697. The Bertz CT molecular complexity index is 804. The number of carbonyl (C=O) groups is 1. The molecule has 0 saturated carbocycles. The molecule has 0 amide bonds. The van der Waals surface area contributed by atoms with Crippen LogP contribution in [0.1, 0.15) is 16.1 Å². The van der Waals surface area contributed by atoms with Crippen LogP contribution < -0.4 is 0 Å². The highest BCUT2D eigenvalue weighted by atomic mass is 16.4. The van der Waals surface area contributed by atoms with Gasteiger partial charge in [0, 0.05) is 24.5 Å². The van der Waals surface area contributed by atoms with Gasteiger partial charge in [-0.3, -0.25) is 4.98 Å². The highest BCUT2D eigenvalue weighted by Gasteiger charge is 2.12. The second-order valence-corrected chi connectivity index (χ2v) is 4.69. The van der Waals surface area contributed by atoms with Crippen molar-refractivity contribution < 1.29 is 9.90 Å². The molecule has 1 aromatic carbocycles. The number of benzene rings is 1. The summed E-state index contributed by atoms with van der Waals surface area (Å²) in [5.74, 6) is -0.175. The average Bonchev–Trinajstić information content (AvgIpc) is 2.76. The summed E-state index contributed by atoms with van der Waals surface area (Å²) in [4.78, 5) is 19.8. The van der Waals surface area contributed by atoms with Crippen LogP contribution in [0.4, 0.5) is 0 Å². The van der Waals surface area contributed by atoms with Crippen molar-refractivity contribution >= 4 is 17.0 Å². The van der Waals surface area contributed by atoms with Gasteiger partial charge in [-0.05, 0) is 37.3 Å². The van der Waals surface area contributed by atoms with Crippen LogP contribution in [0.15, 0.2) is 36.5 Å². The molecule has 0 fully saturated rings. The lowest BCUT2D eigenvalue weighted by Gasteiger charge is -2.02. The van der Waals surface area contributed by atoms with Gasteiger partial charge in [0.25, 0.3) is 0 Å². The van der Waals surface area contributed by atoms with Crippen molar-refractivity contribution in [2.45, 2.75) is 6.92 Å². The lowest BCUT2D eigenvalue weighted by atomic mass is 10.2. The van der Waals surface area contributed by atoms with E-state index in [4.69, 9.17) is 5.11 Å². The minimum absolute atomic E-state index is 0.240.